The Kier molecular flexibility index (Phi) is 5.22. The van der Waals surface area contributed by atoms with E-state index in [0.29, 0.717) is 6.04 Å². The van der Waals surface area contributed by atoms with Crippen LogP contribution >= 0.6 is 0 Å². The molecular weight excluding hydrogens is 244 g/mol. The number of hydrogen-bond acceptors (Lipinski definition) is 2. The van der Waals surface area contributed by atoms with Crippen LogP contribution in [0.1, 0.15) is 55.3 Å². The van der Waals surface area contributed by atoms with Crippen LogP contribution in [-0.4, -0.2) is 24.5 Å². The molecule has 1 aromatic carbocycles. The van der Waals surface area contributed by atoms with Gasteiger partial charge in [0.25, 0.3) is 0 Å². The van der Waals surface area contributed by atoms with Crippen molar-refractivity contribution in [3.05, 3.63) is 34.9 Å². The molecule has 1 aromatic rings. The lowest BCUT2D eigenvalue weighted by Crippen LogP contribution is -2.42. The zero-order valence-corrected chi connectivity index (χ0v) is 13.5. The van der Waals surface area contributed by atoms with Crippen LogP contribution in [0, 0.1) is 19.8 Å². The summed E-state index contributed by atoms with van der Waals surface area (Å²) >= 11 is 0. The Morgan fingerprint density at radius 2 is 1.95 bits per heavy atom. The second kappa shape index (κ2) is 6.73. The van der Waals surface area contributed by atoms with Crippen LogP contribution in [0.5, 0.6) is 0 Å². The molecule has 0 aromatic heterocycles. The first-order valence-electron chi connectivity index (χ1n) is 8.02. The Bertz CT molecular complexity index is 441. The molecule has 1 aliphatic rings. The topological polar surface area (TPSA) is 29.3 Å². The Morgan fingerprint density at radius 3 is 2.65 bits per heavy atom. The Hall–Kier alpha value is -0.860. The van der Waals surface area contributed by atoms with E-state index in [1.165, 1.54) is 42.4 Å². The summed E-state index contributed by atoms with van der Waals surface area (Å²) < 4.78 is 0. The van der Waals surface area contributed by atoms with Crippen molar-refractivity contribution in [2.75, 3.05) is 13.6 Å². The van der Waals surface area contributed by atoms with E-state index in [2.05, 4.69) is 50.9 Å². The van der Waals surface area contributed by atoms with Gasteiger partial charge >= 0.3 is 0 Å². The molecule has 0 heterocycles. The lowest BCUT2D eigenvalue weighted by molar-refractivity contribution is 0.133. The average Bonchev–Trinajstić information content (AvgIpc) is 2.41. The molecule has 0 saturated heterocycles. The highest BCUT2D eigenvalue weighted by Gasteiger charge is 2.26. The zero-order valence-electron chi connectivity index (χ0n) is 13.5. The summed E-state index contributed by atoms with van der Waals surface area (Å²) in [6, 6.07) is 7.43. The van der Waals surface area contributed by atoms with Crippen molar-refractivity contribution < 1.29 is 0 Å². The monoisotopic (exact) mass is 274 g/mol. The maximum absolute atomic E-state index is 6.48. The van der Waals surface area contributed by atoms with Gasteiger partial charge in [0.2, 0.25) is 0 Å². The second-order valence-corrected chi connectivity index (χ2v) is 6.74. The van der Waals surface area contributed by atoms with Gasteiger partial charge in [0.15, 0.2) is 0 Å². The van der Waals surface area contributed by atoms with Crippen molar-refractivity contribution in [1.82, 2.24) is 4.90 Å². The molecule has 3 atom stereocenters. The summed E-state index contributed by atoms with van der Waals surface area (Å²) in [4.78, 5) is 2.50. The third-order valence-electron chi connectivity index (χ3n) is 4.95. The van der Waals surface area contributed by atoms with E-state index in [-0.39, 0.29) is 6.04 Å². The maximum Gasteiger partial charge on any atom is 0.0427 e. The van der Waals surface area contributed by atoms with Gasteiger partial charge < -0.3 is 10.6 Å². The van der Waals surface area contributed by atoms with Gasteiger partial charge in [-0.15, -0.1) is 0 Å². The van der Waals surface area contributed by atoms with E-state index in [9.17, 15) is 0 Å². The van der Waals surface area contributed by atoms with E-state index in [0.717, 1.165) is 12.5 Å². The zero-order chi connectivity index (χ0) is 14.7. The highest BCUT2D eigenvalue weighted by molar-refractivity contribution is 5.33. The highest BCUT2D eigenvalue weighted by Crippen LogP contribution is 2.28. The number of hydrogen-bond donors (Lipinski definition) is 1. The summed E-state index contributed by atoms with van der Waals surface area (Å²) in [6.45, 7) is 7.66. The van der Waals surface area contributed by atoms with Gasteiger partial charge in [-0.3, -0.25) is 0 Å². The summed E-state index contributed by atoms with van der Waals surface area (Å²) in [5, 5.41) is 0. The quantitative estimate of drug-likeness (QED) is 0.904. The number of nitrogens with two attached hydrogens (primary N) is 1. The molecule has 3 unspecified atom stereocenters. The van der Waals surface area contributed by atoms with E-state index < -0.39 is 0 Å². The molecule has 1 aliphatic carbocycles. The van der Waals surface area contributed by atoms with Crippen molar-refractivity contribution in [1.29, 1.82) is 0 Å². The van der Waals surface area contributed by atoms with Crippen LogP contribution in [0.2, 0.25) is 0 Å². The molecule has 0 amide bonds. The molecule has 1 fully saturated rings. The fourth-order valence-corrected chi connectivity index (χ4v) is 3.65. The molecule has 20 heavy (non-hydrogen) atoms. The van der Waals surface area contributed by atoms with Crippen LogP contribution in [0.25, 0.3) is 0 Å². The molecule has 1 saturated carbocycles. The van der Waals surface area contributed by atoms with Crippen LogP contribution in [0.4, 0.5) is 0 Å². The van der Waals surface area contributed by atoms with Crippen molar-refractivity contribution in [3.63, 3.8) is 0 Å². The molecule has 0 spiro atoms. The summed E-state index contributed by atoms with van der Waals surface area (Å²) in [5.74, 6) is 0.805. The number of nitrogens with zero attached hydrogens (tertiary/aromatic N) is 1. The van der Waals surface area contributed by atoms with E-state index >= 15 is 0 Å². The van der Waals surface area contributed by atoms with Gasteiger partial charge in [-0.25, -0.2) is 0 Å². The predicted octanol–water partition coefficient (Wildman–Crippen LogP) is 3.81. The third-order valence-corrected chi connectivity index (χ3v) is 4.95. The average molecular weight is 274 g/mol. The van der Waals surface area contributed by atoms with Gasteiger partial charge in [0.05, 0.1) is 0 Å². The minimum atomic E-state index is 0.119. The predicted molar refractivity (Wildman–Crippen MR) is 86.9 cm³/mol. The minimum absolute atomic E-state index is 0.119. The highest BCUT2D eigenvalue weighted by atomic mass is 15.1. The molecule has 0 radical (unpaired) electrons. The Balaban J connectivity index is 2.03. The lowest BCUT2D eigenvalue weighted by atomic mass is 9.85. The van der Waals surface area contributed by atoms with E-state index in [4.69, 9.17) is 5.73 Å². The summed E-state index contributed by atoms with van der Waals surface area (Å²) in [5.41, 5.74) is 10.4. The van der Waals surface area contributed by atoms with Crippen molar-refractivity contribution in [2.24, 2.45) is 11.7 Å². The van der Waals surface area contributed by atoms with Gasteiger partial charge in [-0.2, -0.15) is 0 Å². The van der Waals surface area contributed by atoms with Gasteiger partial charge in [-0.1, -0.05) is 43.5 Å². The number of rotatable bonds is 4. The van der Waals surface area contributed by atoms with Crippen molar-refractivity contribution in [2.45, 2.75) is 58.5 Å². The minimum Gasteiger partial charge on any atom is -0.323 e. The van der Waals surface area contributed by atoms with Crippen LogP contribution < -0.4 is 5.73 Å². The van der Waals surface area contributed by atoms with Crippen LogP contribution in [0.15, 0.2) is 18.2 Å². The first-order chi connectivity index (χ1) is 9.49. The fourth-order valence-electron chi connectivity index (χ4n) is 3.65. The first-order valence-corrected chi connectivity index (χ1v) is 8.02. The fraction of sp³-hybridized carbons (Fsp3) is 0.667. The van der Waals surface area contributed by atoms with E-state index in [1.54, 1.807) is 0 Å². The molecule has 0 bridgehead atoms. The number of likely N-dealkylation sites (N-methyl/N-ethyl adjacent to an activating group) is 1. The van der Waals surface area contributed by atoms with Crippen LogP contribution in [-0.2, 0) is 0 Å². The number of benzene rings is 1. The molecule has 2 N–H and O–H groups in total. The summed E-state index contributed by atoms with van der Waals surface area (Å²) in [6.07, 6.45) is 5.47. The van der Waals surface area contributed by atoms with Gasteiger partial charge in [0.1, 0.15) is 0 Å². The molecule has 2 nitrogen and oxygen atoms in total. The van der Waals surface area contributed by atoms with Crippen molar-refractivity contribution in [3.8, 4) is 0 Å². The molecule has 0 aliphatic heterocycles. The summed E-state index contributed by atoms with van der Waals surface area (Å²) in [7, 11) is 2.25. The lowest BCUT2D eigenvalue weighted by Gasteiger charge is -2.37. The Morgan fingerprint density at radius 1 is 1.25 bits per heavy atom. The normalized spacial score (nSPS) is 24.9. The Labute approximate surface area is 124 Å². The number of aryl methyl sites for hydroxylation is 2. The molecule has 2 rings (SSSR count). The van der Waals surface area contributed by atoms with E-state index in [1.807, 2.05) is 0 Å². The van der Waals surface area contributed by atoms with Crippen molar-refractivity contribution >= 4 is 0 Å². The standard InChI is InChI=1S/C18H30N2/c1-13-9-10-14(2)16(11-13)17(19)12-20(4)18-8-6-5-7-15(18)3/h9-11,15,17-18H,5-8,12,19H2,1-4H3. The second-order valence-electron chi connectivity index (χ2n) is 6.74. The maximum atomic E-state index is 6.48. The SMILES string of the molecule is Cc1ccc(C)c(C(N)CN(C)C2CCCCC2C)c1. The van der Waals surface area contributed by atoms with Crippen LogP contribution in [0.3, 0.4) is 0 Å². The molecule has 112 valence electrons. The van der Waals surface area contributed by atoms with Gasteiger partial charge in [-0.05, 0) is 50.8 Å². The first kappa shape index (κ1) is 15.5. The largest absolute Gasteiger partial charge is 0.323 e. The third kappa shape index (κ3) is 3.62. The van der Waals surface area contributed by atoms with Gasteiger partial charge in [0, 0.05) is 18.6 Å². The molecular formula is C18H30N2. The molecule has 2 heteroatoms. The smallest absolute Gasteiger partial charge is 0.0427 e.